The molecule has 2 heterocycles. The van der Waals surface area contributed by atoms with Crippen molar-refractivity contribution in [1.29, 1.82) is 0 Å². The Morgan fingerprint density at radius 3 is 3.38 bits per heavy atom. The fraction of sp³-hybridized carbons (Fsp3) is 0.667. The summed E-state index contributed by atoms with van der Waals surface area (Å²) >= 11 is 1.68. The van der Waals surface area contributed by atoms with Gasteiger partial charge in [-0.25, -0.2) is 4.98 Å². The number of thiazole rings is 1. The Morgan fingerprint density at radius 1 is 1.77 bits per heavy atom. The van der Waals surface area contributed by atoms with Crippen molar-refractivity contribution in [1.82, 2.24) is 15.2 Å². The van der Waals surface area contributed by atoms with Gasteiger partial charge in [0.15, 0.2) is 0 Å². The Morgan fingerprint density at radius 2 is 2.69 bits per heavy atom. The number of aromatic nitrogens is 1. The molecule has 2 rings (SSSR count). The molecular weight excluding hydrogens is 182 g/mol. The molecule has 0 aromatic carbocycles. The van der Waals surface area contributed by atoms with Crippen molar-refractivity contribution in [2.45, 2.75) is 19.5 Å². The topological polar surface area (TPSA) is 28.2 Å². The van der Waals surface area contributed by atoms with E-state index in [2.05, 4.69) is 27.5 Å². The molecule has 3 nitrogen and oxygen atoms in total. The number of piperazine rings is 1. The summed E-state index contributed by atoms with van der Waals surface area (Å²) in [6.45, 7) is 6.61. The van der Waals surface area contributed by atoms with Crippen molar-refractivity contribution in [3.8, 4) is 0 Å². The molecule has 0 amide bonds. The van der Waals surface area contributed by atoms with Gasteiger partial charge in [-0.05, 0) is 6.92 Å². The highest BCUT2D eigenvalue weighted by Gasteiger charge is 2.17. The molecule has 0 radical (unpaired) electrons. The Balaban J connectivity index is 1.93. The quantitative estimate of drug-likeness (QED) is 0.764. The van der Waals surface area contributed by atoms with E-state index in [0.717, 1.165) is 26.2 Å². The molecule has 0 saturated carbocycles. The van der Waals surface area contributed by atoms with E-state index in [-0.39, 0.29) is 0 Å². The summed E-state index contributed by atoms with van der Waals surface area (Å²) in [5.74, 6) is 0. The lowest BCUT2D eigenvalue weighted by atomic mass is 10.2. The average Bonchev–Trinajstić information content (AvgIpc) is 2.61. The highest BCUT2D eigenvalue weighted by molar-refractivity contribution is 7.07. The zero-order chi connectivity index (χ0) is 9.10. The van der Waals surface area contributed by atoms with Crippen LogP contribution in [0.1, 0.15) is 12.6 Å². The highest BCUT2D eigenvalue weighted by atomic mass is 32.1. The van der Waals surface area contributed by atoms with Crippen LogP contribution in [0.2, 0.25) is 0 Å². The smallest absolute Gasteiger partial charge is 0.0795 e. The van der Waals surface area contributed by atoms with Crippen LogP contribution in [-0.4, -0.2) is 35.6 Å². The lowest BCUT2D eigenvalue weighted by Gasteiger charge is -2.33. The SMILES string of the molecule is C[C@H]1CNCCN1Cc1cscn1. The van der Waals surface area contributed by atoms with Crippen LogP contribution in [0.25, 0.3) is 0 Å². The van der Waals surface area contributed by atoms with Crippen molar-refractivity contribution in [3.63, 3.8) is 0 Å². The van der Waals surface area contributed by atoms with Crippen LogP contribution in [-0.2, 0) is 6.54 Å². The third kappa shape index (κ3) is 2.27. The highest BCUT2D eigenvalue weighted by Crippen LogP contribution is 2.09. The summed E-state index contributed by atoms with van der Waals surface area (Å²) in [4.78, 5) is 6.78. The van der Waals surface area contributed by atoms with Crippen molar-refractivity contribution in [3.05, 3.63) is 16.6 Å². The molecule has 1 aromatic heterocycles. The average molecular weight is 197 g/mol. The summed E-state index contributed by atoms with van der Waals surface area (Å²) in [5.41, 5.74) is 3.11. The molecule has 1 aliphatic rings. The fourth-order valence-corrected chi connectivity index (χ4v) is 2.19. The first-order valence-corrected chi connectivity index (χ1v) is 5.62. The van der Waals surface area contributed by atoms with Crippen molar-refractivity contribution < 1.29 is 0 Å². The van der Waals surface area contributed by atoms with E-state index in [4.69, 9.17) is 0 Å². The molecular formula is C9H15N3S. The van der Waals surface area contributed by atoms with E-state index < -0.39 is 0 Å². The van der Waals surface area contributed by atoms with Gasteiger partial charge in [0.05, 0.1) is 11.2 Å². The van der Waals surface area contributed by atoms with E-state index in [0.29, 0.717) is 6.04 Å². The van der Waals surface area contributed by atoms with Gasteiger partial charge in [0, 0.05) is 37.6 Å². The minimum absolute atomic E-state index is 0.635. The number of nitrogens with zero attached hydrogens (tertiary/aromatic N) is 2. The van der Waals surface area contributed by atoms with Crippen molar-refractivity contribution in [2.24, 2.45) is 0 Å². The van der Waals surface area contributed by atoms with Gasteiger partial charge in [0.2, 0.25) is 0 Å². The summed E-state index contributed by atoms with van der Waals surface area (Å²) in [6, 6.07) is 0.635. The van der Waals surface area contributed by atoms with Gasteiger partial charge in [-0.15, -0.1) is 11.3 Å². The summed E-state index contributed by atoms with van der Waals surface area (Å²) in [7, 11) is 0. The van der Waals surface area contributed by atoms with E-state index in [1.165, 1.54) is 5.69 Å². The Kier molecular flexibility index (Phi) is 2.93. The lowest BCUT2D eigenvalue weighted by Crippen LogP contribution is -2.49. The minimum Gasteiger partial charge on any atom is -0.314 e. The molecule has 0 unspecified atom stereocenters. The first-order chi connectivity index (χ1) is 6.36. The van der Waals surface area contributed by atoms with Crippen LogP contribution in [0.15, 0.2) is 10.9 Å². The molecule has 1 fully saturated rings. The van der Waals surface area contributed by atoms with Gasteiger partial charge in [-0.3, -0.25) is 4.90 Å². The predicted molar refractivity (Wildman–Crippen MR) is 54.9 cm³/mol. The van der Waals surface area contributed by atoms with E-state index in [1.807, 2.05) is 5.51 Å². The number of nitrogens with one attached hydrogen (secondary N) is 1. The normalized spacial score (nSPS) is 24.8. The third-order valence-corrected chi connectivity index (χ3v) is 3.12. The zero-order valence-electron chi connectivity index (χ0n) is 7.86. The van der Waals surface area contributed by atoms with E-state index in [1.54, 1.807) is 11.3 Å². The van der Waals surface area contributed by atoms with Crippen LogP contribution in [0.4, 0.5) is 0 Å². The predicted octanol–water partition coefficient (Wildman–Crippen LogP) is 0.937. The monoisotopic (exact) mass is 197 g/mol. The van der Waals surface area contributed by atoms with Gasteiger partial charge >= 0.3 is 0 Å². The molecule has 1 saturated heterocycles. The fourth-order valence-electron chi connectivity index (χ4n) is 1.64. The molecule has 4 heteroatoms. The van der Waals surface area contributed by atoms with Gasteiger partial charge in [-0.1, -0.05) is 0 Å². The van der Waals surface area contributed by atoms with Crippen molar-refractivity contribution >= 4 is 11.3 Å². The standard InChI is InChI=1S/C9H15N3S/c1-8-4-10-2-3-12(8)5-9-6-13-7-11-9/h6-8,10H,2-5H2,1H3/t8-/m0/s1. The largest absolute Gasteiger partial charge is 0.314 e. The maximum atomic E-state index is 4.30. The van der Waals surface area contributed by atoms with Gasteiger partial charge in [0.1, 0.15) is 0 Å². The number of hydrogen-bond donors (Lipinski definition) is 1. The third-order valence-electron chi connectivity index (χ3n) is 2.49. The molecule has 13 heavy (non-hydrogen) atoms. The van der Waals surface area contributed by atoms with Crippen molar-refractivity contribution in [2.75, 3.05) is 19.6 Å². The first-order valence-electron chi connectivity index (χ1n) is 4.68. The molecule has 1 aromatic rings. The van der Waals surface area contributed by atoms with E-state index >= 15 is 0 Å². The molecule has 1 atom stereocenters. The van der Waals surface area contributed by atoms with Crippen LogP contribution in [0.5, 0.6) is 0 Å². The van der Waals surface area contributed by atoms with Gasteiger partial charge < -0.3 is 5.32 Å². The number of hydrogen-bond acceptors (Lipinski definition) is 4. The molecule has 1 N–H and O–H groups in total. The summed E-state index contributed by atoms with van der Waals surface area (Å²) in [6.07, 6.45) is 0. The maximum Gasteiger partial charge on any atom is 0.0795 e. The summed E-state index contributed by atoms with van der Waals surface area (Å²) < 4.78 is 0. The molecule has 0 bridgehead atoms. The minimum atomic E-state index is 0.635. The van der Waals surface area contributed by atoms with Gasteiger partial charge in [0.25, 0.3) is 0 Å². The second kappa shape index (κ2) is 4.17. The second-order valence-electron chi connectivity index (χ2n) is 3.50. The van der Waals surface area contributed by atoms with Gasteiger partial charge in [-0.2, -0.15) is 0 Å². The second-order valence-corrected chi connectivity index (χ2v) is 4.22. The molecule has 0 aliphatic carbocycles. The molecule has 1 aliphatic heterocycles. The van der Waals surface area contributed by atoms with E-state index in [9.17, 15) is 0 Å². The maximum absolute atomic E-state index is 4.30. The molecule has 0 spiro atoms. The zero-order valence-corrected chi connectivity index (χ0v) is 8.68. The Labute approximate surface area is 82.8 Å². The van der Waals surface area contributed by atoms with Crippen LogP contribution in [0, 0.1) is 0 Å². The summed E-state index contributed by atoms with van der Waals surface area (Å²) in [5, 5.41) is 5.52. The van der Waals surface area contributed by atoms with Crippen LogP contribution >= 0.6 is 11.3 Å². The van der Waals surface area contributed by atoms with Crippen LogP contribution in [0.3, 0.4) is 0 Å². The Hall–Kier alpha value is -0.450. The Bertz CT molecular complexity index is 247. The lowest BCUT2D eigenvalue weighted by molar-refractivity contribution is 0.164. The first kappa shape index (κ1) is 9.12. The molecule has 72 valence electrons. The number of rotatable bonds is 2. The van der Waals surface area contributed by atoms with Crippen LogP contribution < -0.4 is 5.32 Å².